The van der Waals surface area contributed by atoms with Crippen LogP contribution in [0.2, 0.25) is 5.02 Å². The average Bonchev–Trinajstić information content (AvgIpc) is 3.61. The Balaban J connectivity index is 1.65. The number of halogens is 3. The first kappa shape index (κ1) is 27.4. The van der Waals surface area contributed by atoms with Gasteiger partial charge in [-0.05, 0) is 30.7 Å². The summed E-state index contributed by atoms with van der Waals surface area (Å²) < 4.78 is 37.1. The third kappa shape index (κ3) is 4.36. The minimum absolute atomic E-state index is 0.0149. The number of nitrogens with zero attached hydrogens (tertiary/aromatic N) is 7. The Morgan fingerprint density at radius 2 is 1.90 bits per heavy atom. The lowest BCUT2D eigenvalue weighted by atomic mass is 10.1. The van der Waals surface area contributed by atoms with Gasteiger partial charge < -0.3 is 14.5 Å². The summed E-state index contributed by atoms with van der Waals surface area (Å²) in [4.78, 5) is 53.0. The molecule has 1 fully saturated rings. The van der Waals surface area contributed by atoms with Crippen molar-refractivity contribution in [2.45, 2.75) is 6.42 Å². The maximum Gasteiger partial charge on any atom is 0.342 e. The summed E-state index contributed by atoms with van der Waals surface area (Å²) >= 11 is 6.11. The van der Waals surface area contributed by atoms with Crippen molar-refractivity contribution in [3.8, 4) is 17.4 Å². The number of imidazole rings is 1. The second-order valence-electron chi connectivity index (χ2n) is 10.1. The highest BCUT2D eigenvalue weighted by molar-refractivity contribution is 6.30. The van der Waals surface area contributed by atoms with Gasteiger partial charge in [-0.15, -0.1) is 0 Å². The lowest BCUT2D eigenvalue weighted by Crippen LogP contribution is -2.39. The van der Waals surface area contributed by atoms with Gasteiger partial charge in [0.2, 0.25) is 11.8 Å². The SMILES string of the molecule is COc1nc(N2CC[C@@H](C(=O)N(C)C)C2)cc2c1c(=O)n(-c1cnc3cc(F)ccn13)c(=O)n2-c1ccc(F)c(Cl)c1. The second-order valence-corrected chi connectivity index (χ2v) is 10.5. The van der Waals surface area contributed by atoms with Crippen LogP contribution in [0, 0.1) is 17.6 Å². The Morgan fingerprint density at radius 1 is 1.12 bits per heavy atom. The number of amides is 1. The molecule has 0 unspecified atom stereocenters. The summed E-state index contributed by atoms with van der Waals surface area (Å²) in [6.45, 7) is 0.884. The van der Waals surface area contributed by atoms with Crippen molar-refractivity contribution < 1.29 is 18.3 Å². The van der Waals surface area contributed by atoms with Crippen LogP contribution < -0.4 is 20.9 Å². The van der Waals surface area contributed by atoms with Crippen molar-refractivity contribution in [3.05, 3.63) is 86.3 Å². The van der Waals surface area contributed by atoms with E-state index in [1.54, 1.807) is 20.2 Å². The van der Waals surface area contributed by atoms with E-state index in [1.165, 1.54) is 51.6 Å². The number of carbonyl (C=O) groups is 1. The van der Waals surface area contributed by atoms with Crippen molar-refractivity contribution in [3.63, 3.8) is 0 Å². The van der Waals surface area contributed by atoms with Gasteiger partial charge in [-0.2, -0.15) is 4.98 Å². The van der Waals surface area contributed by atoms with Gasteiger partial charge in [-0.3, -0.25) is 18.6 Å². The number of ether oxygens (including phenoxy) is 1. The fraction of sp³-hybridized carbons (Fsp3) is 0.250. The number of benzene rings is 1. The summed E-state index contributed by atoms with van der Waals surface area (Å²) in [7, 11) is 4.74. The van der Waals surface area contributed by atoms with E-state index in [1.807, 2.05) is 4.90 Å². The van der Waals surface area contributed by atoms with E-state index in [9.17, 15) is 23.2 Å². The summed E-state index contributed by atoms with van der Waals surface area (Å²) in [5.74, 6) is -1.14. The number of methoxy groups -OCH3 is 1. The smallest absolute Gasteiger partial charge is 0.342 e. The quantitative estimate of drug-likeness (QED) is 0.307. The molecule has 1 atom stereocenters. The molecule has 0 spiro atoms. The third-order valence-electron chi connectivity index (χ3n) is 7.33. The van der Waals surface area contributed by atoms with Crippen molar-refractivity contribution in [1.82, 2.24) is 28.4 Å². The van der Waals surface area contributed by atoms with E-state index in [0.29, 0.717) is 25.3 Å². The molecule has 1 saturated heterocycles. The van der Waals surface area contributed by atoms with Gasteiger partial charge in [0.1, 0.15) is 34.3 Å². The molecule has 0 N–H and O–H groups in total. The first-order valence-electron chi connectivity index (χ1n) is 12.9. The van der Waals surface area contributed by atoms with E-state index < -0.39 is 22.9 Å². The minimum Gasteiger partial charge on any atom is -0.480 e. The minimum atomic E-state index is -0.817. The van der Waals surface area contributed by atoms with E-state index in [0.717, 1.165) is 16.7 Å². The van der Waals surface area contributed by atoms with Gasteiger partial charge in [0.25, 0.3) is 5.56 Å². The van der Waals surface area contributed by atoms with Gasteiger partial charge in [-0.1, -0.05) is 11.6 Å². The zero-order valence-corrected chi connectivity index (χ0v) is 23.5. The number of anilines is 1. The standard InChI is InChI=1S/C28H24ClF2N7O4/c1-34(2)26(39)15-6-8-35(14-15)22-12-20-24(25(33-22)42-3)27(40)38(23-13-32-21-10-16(30)7-9-36(21)23)28(41)37(20)17-4-5-19(31)18(29)11-17/h4-5,7,9-13,15H,6,8,14H2,1-3H3/t15-/m1/s1. The predicted octanol–water partition coefficient (Wildman–Crippen LogP) is 3.04. The van der Waals surface area contributed by atoms with Crippen molar-refractivity contribution in [2.24, 2.45) is 5.92 Å². The van der Waals surface area contributed by atoms with Crippen LogP contribution in [0.15, 0.2) is 58.4 Å². The lowest BCUT2D eigenvalue weighted by molar-refractivity contribution is -0.132. The lowest BCUT2D eigenvalue weighted by Gasteiger charge is -2.21. The second kappa shape index (κ2) is 10.2. The number of pyridine rings is 2. The third-order valence-corrected chi connectivity index (χ3v) is 7.62. The summed E-state index contributed by atoms with van der Waals surface area (Å²) in [5.41, 5.74) is -1.10. The molecule has 216 valence electrons. The molecular weight excluding hydrogens is 572 g/mol. The topological polar surface area (TPSA) is 107 Å². The van der Waals surface area contributed by atoms with E-state index in [2.05, 4.69) is 9.97 Å². The Hall–Kier alpha value is -4.78. The molecule has 0 radical (unpaired) electrons. The van der Waals surface area contributed by atoms with Gasteiger partial charge in [0.15, 0.2) is 0 Å². The fourth-order valence-electron chi connectivity index (χ4n) is 5.30. The van der Waals surface area contributed by atoms with Crippen LogP contribution in [0.3, 0.4) is 0 Å². The molecule has 6 rings (SSSR count). The molecule has 11 nitrogen and oxygen atoms in total. The molecule has 1 aliphatic heterocycles. The van der Waals surface area contributed by atoms with E-state index >= 15 is 0 Å². The largest absolute Gasteiger partial charge is 0.480 e. The number of carbonyl (C=O) groups excluding carboxylic acids is 1. The number of rotatable bonds is 5. The molecular formula is C28H24ClF2N7O4. The number of fused-ring (bicyclic) bond motifs is 2. The van der Waals surface area contributed by atoms with Crippen LogP contribution in [0.5, 0.6) is 5.88 Å². The van der Waals surface area contributed by atoms with Crippen molar-refractivity contribution in [1.29, 1.82) is 0 Å². The van der Waals surface area contributed by atoms with Crippen LogP contribution in [-0.4, -0.2) is 68.6 Å². The molecule has 1 amide bonds. The van der Waals surface area contributed by atoms with Gasteiger partial charge in [0, 0.05) is 45.5 Å². The maximum absolute atomic E-state index is 14.2. The normalized spacial score (nSPS) is 15.1. The molecule has 14 heteroatoms. The first-order valence-corrected chi connectivity index (χ1v) is 13.3. The molecule has 5 aromatic rings. The average molecular weight is 596 g/mol. The highest BCUT2D eigenvalue weighted by Gasteiger charge is 2.31. The summed E-state index contributed by atoms with van der Waals surface area (Å²) in [6.07, 6.45) is 3.21. The van der Waals surface area contributed by atoms with Crippen LogP contribution in [0.4, 0.5) is 14.6 Å². The zero-order chi connectivity index (χ0) is 29.9. The van der Waals surface area contributed by atoms with E-state index in [-0.39, 0.29) is 50.8 Å². The van der Waals surface area contributed by atoms with Gasteiger partial charge in [0.05, 0.1) is 35.5 Å². The van der Waals surface area contributed by atoms with Crippen molar-refractivity contribution >= 4 is 39.9 Å². The fourth-order valence-corrected chi connectivity index (χ4v) is 5.48. The monoisotopic (exact) mass is 595 g/mol. The number of aromatic nitrogens is 5. The first-order chi connectivity index (χ1) is 20.1. The van der Waals surface area contributed by atoms with E-state index in [4.69, 9.17) is 16.3 Å². The Kier molecular flexibility index (Phi) is 6.68. The van der Waals surface area contributed by atoms with Crippen LogP contribution in [0.1, 0.15) is 6.42 Å². The molecule has 4 aromatic heterocycles. The molecule has 1 aromatic carbocycles. The molecule has 5 heterocycles. The summed E-state index contributed by atoms with van der Waals surface area (Å²) in [6, 6.07) is 7.63. The molecule has 0 aliphatic carbocycles. The zero-order valence-electron chi connectivity index (χ0n) is 22.7. The Labute approximate surface area is 241 Å². The predicted molar refractivity (Wildman–Crippen MR) is 152 cm³/mol. The molecule has 0 saturated carbocycles. The number of hydrogen-bond acceptors (Lipinski definition) is 7. The summed E-state index contributed by atoms with van der Waals surface area (Å²) in [5, 5.41) is -0.278. The van der Waals surface area contributed by atoms with Crippen LogP contribution >= 0.6 is 11.6 Å². The molecule has 42 heavy (non-hydrogen) atoms. The van der Waals surface area contributed by atoms with Crippen molar-refractivity contribution in [2.75, 3.05) is 39.2 Å². The van der Waals surface area contributed by atoms with Gasteiger partial charge >= 0.3 is 5.69 Å². The van der Waals surface area contributed by atoms with Gasteiger partial charge in [-0.25, -0.2) is 23.1 Å². The maximum atomic E-state index is 14.2. The molecule has 0 bridgehead atoms. The Morgan fingerprint density at radius 3 is 2.62 bits per heavy atom. The Bertz CT molecular complexity index is 2020. The van der Waals surface area contributed by atoms with Crippen LogP contribution in [-0.2, 0) is 4.79 Å². The highest BCUT2D eigenvalue weighted by Crippen LogP contribution is 2.31. The number of hydrogen-bond donors (Lipinski definition) is 0. The van der Waals surface area contributed by atoms with Crippen LogP contribution in [0.25, 0.3) is 28.1 Å². The highest BCUT2D eigenvalue weighted by atomic mass is 35.5. The molecule has 1 aliphatic rings.